The highest BCUT2D eigenvalue weighted by atomic mass is 32.1. The maximum absolute atomic E-state index is 9.19. The van der Waals surface area contributed by atoms with E-state index < -0.39 is 0 Å². The lowest BCUT2D eigenvalue weighted by Gasteiger charge is -2.39. The van der Waals surface area contributed by atoms with E-state index in [2.05, 4.69) is 44.7 Å². The second kappa shape index (κ2) is 6.70. The van der Waals surface area contributed by atoms with Crippen molar-refractivity contribution in [3.63, 3.8) is 0 Å². The summed E-state index contributed by atoms with van der Waals surface area (Å²) in [4.78, 5) is 9.22. The monoisotopic (exact) mass is 306 g/mol. The molecule has 1 atom stereocenters. The highest BCUT2D eigenvalue weighted by Gasteiger charge is 2.24. The third-order valence-corrected chi connectivity index (χ3v) is 4.94. The van der Waals surface area contributed by atoms with E-state index in [4.69, 9.17) is 0 Å². The lowest BCUT2D eigenvalue weighted by molar-refractivity contribution is 0.0733. The number of rotatable bonds is 5. The van der Waals surface area contributed by atoms with Crippen LogP contribution < -0.4 is 0 Å². The summed E-state index contributed by atoms with van der Waals surface area (Å²) in [5.41, 5.74) is 1.28. The van der Waals surface area contributed by atoms with Crippen LogP contribution in [0.25, 0.3) is 5.13 Å². The molecule has 2 aromatic heterocycles. The van der Waals surface area contributed by atoms with Crippen molar-refractivity contribution in [2.24, 2.45) is 0 Å². The first-order valence-corrected chi connectivity index (χ1v) is 8.25. The second-order valence-electron chi connectivity index (χ2n) is 5.57. The molecule has 1 fully saturated rings. The molecule has 0 spiro atoms. The zero-order valence-corrected chi connectivity index (χ0v) is 13.2. The Morgan fingerprint density at radius 3 is 3.10 bits per heavy atom. The lowest BCUT2D eigenvalue weighted by Crippen LogP contribution is -2.51. The van der Waals surface area contributed by atoms with Gasteiger partial charge in [0.05, 0.1) is 0 Å². The summed E-state index contributed by atoms with van der Waals surface area (Å²) in [6.45, 7) is 4.34. The maximum Gasteiger partial charge on any atom is 0.193 e. The Bertz CT molecular complexity index is 554. The van der Waals surface area contributed by atoms with Gasteiger partial charge in [0.1, 0.15) is 0 Å². The number of aromatic nitrogens is 2. The van der Waals surface area contributed by atoms with Crippen LogP contribution in [0.3, 0.4) is 0 Å². The quantitative estimate of drug-likeness (QED) is 0.908. The fraction of sp³-hybridized carbons (Fsp3) is 0.533. The first-order valence-electron chi connectivity index (χ1n) is 7.37. The molecule has 0 saturated carbocycles. The Morgan fingerprint density at radius 2 is 2.33 bits per heavy atom. The van der Waals surface area contributed by atoms with Crippen molar-refractivity contribution in [1.82, 2.24) is 19.4 Å². The van der Waals surface area contributed by atoms with Gasteiger partial charge in [-0.1, -0.05) is 0 Å². The highest BCUT2D eigenvalue weighted by molar-refractivity contribution is 7.12. The Kier molecular flexibility index (Phi) is 4.70. The molecule has 0 bridgehead atoms. The smallest absolute Gasteiger partial charge is 0.193 e. The van der Waals surface area contributed by atoms with Gasteiger partial charge < -0.3 is 10.0 Å². The third-order valence-electron chi connectivity index (χ3n) is 4.17. The Morgan fingerprint density at radius 1 is 1.43 bits per heavy atom. The molecule has 3 rings (SSSR count). The van der Waals surface area contributed by atoms with Crippen molar-refractivity contribution in [2.75, 3.05) is 33.3 Å². The summed E-state index contributed by atoms with van der Waals surface area (Å²) in [7, 11) is 2.15. The van der Waals surface area contributed by atoms with Crippen LogP contribution in [0.1, 0.15) is 12.1 Å². The fourth-order valence-electron chi connectivity index (χ4n) is 2.91. The molecule has 3 heterocycles. The van der Waals surface area contributed by atoms with Gasteiger partial charge in [-0.2, -0.15) is 0 Å². The second-order valence-corrected chi connectivity index (χ2v) is 6.44. The van der Waals surface area contributed by atoms with Gasteiger partial charge >= 0.3 is 0 Å². The van der Waals surface area contributed by atoms with Crippen LogP contribution in [-0.4, -0.2) is 63.8 Å². The minimum absolute atomic E-state index is 0.262. The fourth-order valence-corrected chi connectivity index (χ4v) is 3.57. The number of thiazole rings is 1. The van der Waals surface area contributed by atoms with E-state index in [-0.39, 0.29) is 6.61 Å². The van der Waals surface area contributed by atoms with Gasteiger partial charge in [0.2, 0.25) is 0 Å². The van der Waals surface area contributed by atoms with E-state index >= 15 is 0 Å². The number of hydrogen-bond donors (Lipinski definition) is 1. The summed E-state index contributed by atoms with van der Waals surface area (Å²) in [5.74, 6) is 0. The summed E-state index contributed by atoms with van der Waals surface area (Å²) < 4.78 is 2.17. The predicted octanol–water partition coefficient (Wildman–Crippen LogP) is 1.43. The molecule has 6 heteroatoms. The van der Waals surface area contributed by atoms with Gasteiger partial charge in [-0.05, 0) is 25.6 Å². The minimum atomic E-state index is 0.262. The molecule has 0 aromatic carbocycles. The zero-order valence-electron chi connectivity index (χ0n) is 12.4. The van der Waals surface area contributed by atoms with E-state index in [1.807, 2.05) is 11.6 Å². The molecule has 0 amide bonds. The molecule has 0 aliphatic carbocycles. The molecular weight excluding hydrogens is 284 g/mol. The number of nitrogens with zero attached hydrogens (tertiary/aromatic N) is 4. The number of aliphatic hydroxyl groups is 1. The lowest BCUT2D eigenvalue weighted by atomic mass is 10.1. The summed E-state index contributed by atoms with van der Waals surface area (Å²) in [5, 5.41) is 12.2. The molecular formula is C15H22N4OS. The number of piperazine rings is 1. The first-order chi connectivity index (χ1) is 10.3. The molecule has 1 saturated heterocycles. The number of hydrogen-bond acceptors (Lipinski definition) is 5. The molecule has 114 valence electrons. The van der Waals surface area contributed by atoms with Crippen LogP contribution in [0.5, 0.6) is 0 Å². The largest absolute Gasteiger partial charge is 0.396 e. The van der Waals surface area contributed by atoms with Crippen molar-refractivity contribution in [2.45, 2.75) is 19.0 Å². The van der Waals surface area contributed by atoms with Gasteiger partial charge in [0, 0.05) is 62.3 Å². The van der Waals surface area contributed by atoms with Crippen molar-refractivity contribution in [3.05, 3.63) is 35.6 Å². The van der Waals surface area contributed by atoms with Gasteiger partial charge in [0.25, 0.3) is 0 Å². The van der Waals surface area contributed by atoms with Crippen LogP contribution in [0.4, 0.5) is 0 Å². The van der Waals surface area contributed by atoms with E-state index in [1.54, 1.807) is 11.3 Å². The van der Waals surface area contributed by atoms with E-state index in [9.17, 15) is 5.11 Å². The molecule has 1 N–H and O–H groups in total. The number of likely N-dealkylation sites (N-methyl/N-ethyl adjacent to an activating group) is 1. The SMILES string of the molecule is CN1CCN(Cc2cccn2-c2nccs2)C[C@@H]1CCO. The molecule has 1 aliphatic heterocycles. The number of aliphatic hydroxyl groups excluding tert-OH is 1. The van der Waals surface area contributed by atoms with Crippen LogP contribution in [0.15, 0.2) is 29.9 Å². The average molecular weight is 306 g/mol. The van der Waals surface area contributed by atoms with Crippen molar-refractivity contribution in [3.8, 4) is 5.13 Å². The van der Waals surface area contributed by atoms with Crippen LogP contribution in [0, 0.1) is 0 Å². The first kappa shape index (κ1) is 14.7. The normalized spacial score (nSPS) is 21.0. The van der Waals surface area contributed by atoms with E-state index in [0.717, 1.165) is 37.7 Å². The van der Waals surface area contributed by atoms with Crippen molar-refractivity contribution < 1.29 is 5.11 Å². The molecule has 21 heavy (non-hydrogen) atoms. The van der Waals surface area contributed by atoms with Crippen LogP contribution >= 0.6 is 11.3 Å². The van der Waals surface area contributed by atoms with Crippen LogP contribution in [-0.2, 0) is 6.54 Å². The molecule has 1 aliphatic rings. The molecule has 0 unspecified atom stereocenters. The molecule has 0 radical (unpaired) electrons. The predicted molar refractivity (Wildman–Crippen MR) is 84.8 cm³/mol. The van der Waals surface area contributed by atoms with Gasteiger partial charge in [0.15, 0.2) is 5.13 Å². The van der Waals surface area contributed by atoms with Gasteiger partial charge in [-0.3, -0.25) is 9.47 Å². The van der Waals surface area contributed by atoms with Gasteiger partial charge in [-0.25, -0.2) is 4.98 Å². The maximum atomic E-state index is 9.19. The summed E-state index contributed by atoms with van der Waals surface area (Å²) in [6.07, 6.45) is 4.77. The molecule has 5 nitrogen and oxygen atoms in total. The van der Waals surface area contributed by atoms with E-state index in [1.165, 1.54) is 5.69 Å². The van der Waals surface area contributed by atoms with Crippen molar-refractivity contribution >= 4 is 11.3 Å². The van der Waals surface area contributed by atoms with Crippen LogP contribution in [0.2, 0.25) is 0 Å². The Balaban J connectivity index is 1.68. The standard InChI is InChI=1S/C15H22N4OS/c1-17-7-8-18(11-13(17)4-9-20)12-14-3-2-6-19(14)15-16-5-10-21-15/h2-3,5-6,10,13,20H,4,7-9,11-12H2,1H3/t13-/m0/s1. The summed E-state index contributed by atoms with van der Waals surface area (Å²) in [6, 6.07) is 4.70. The summed E-state index contributed by atoms with van der Waals surface area (Å²) >= 11 is 1.66. The third kappa shape index (κ3) is 3.35. The minimum Gasteiger partial charge on any atom is -0.396 e. The van der Waals surface area contributed by atoms with Gasteiger partial charge in [-0.15, -0.1) is 11.3 Å². The Hall–Kier alpha value is -1.21. The Labute approximate surface area is 129 Å². The highest BCUT2D eigenvalue weighted by Crippen LogP contribution is 2.18. The molecule has 2 aromatic rings. The van der Waals surface area contributed by atoms with E-state index in [0.29, 0.717) is 6.04 Å². The zero-order chi connectivity index (χ0) is 14.7. The average Bonchev–Trinajstić information content (AvgIpc) is 3.13. The van der Waals surface area contributed by atoms with Crippen molar-refractivity contribution in [1.29, 1.82) is 0 Å². The topological polar surface area (TPSA) is 44.5 Å².